The van der Waals surface area contributed by atoms with E-state index >= 15 is 0 Å². The van der Waals surface area contributed by atoms with Gasteiger partial charge < -0.3 is 10.6 Å². The Hall–Kier alpha value is -1.36. The quantitative estimate of drug-likeness (QED) is 0.808. The van der Waals surface area contributed by atoms with E-state index in [4.69, 9.17) is 0 Å². The topological polar surface area (TPSA) is 58.2 Å². The van der Waals surface area contributed by atoms with Gasteiger partial charge in [0.2, 0.25) is 0 Å². The minimum atomic E-state index is -1.05. The number of urea groups is 1. The smallest absolute Gasteiger partial charge is 0.314 e. The summed E-state index contributed by atoms with van der Waals surface area (Å²) >= 11 is 0. The molecule has 1 aromatic rings. The molecule has 1 aromatic carbocycles. The summed E-state index contributed by atoms with van der Waals surface area (Å²) in [7, 11) is -1.05. The molecular formula is C12H18N2O2S. The highest BCUT2D eigenvalue weighted by Crippen LogP contribution is 2.04. The summed E-state index contributed by atoms with van der Waals surface area (Å²) < 4.78 is 11.8. The van der Waals surface area contributed by atoms with Gasteiger partial charge in [0.25, 0.3) is 0 Å². The van der Waals surface area contributed by atoms with Gasteiger partial charge >= 0.3 is 6.03 Å². The van der Waals surface area contributed by atoms with Crippen LogP contribution in [0.15, 0.2) is 35.2 Å². The number of rotatable bonds is 6. The van der Waals surface area contributed by atoms with Crippen molar-refractivity contribution < 1.29 is 9.00 Å². The fraction of sp³-hybridized carbons (Fsp3) is 0.417. The Bertz CT molecular complexity index is 368. The summed E-state index contributed by atoms with van der Waals surface area (Å²) in [5.41, 5.74) is 0. The maximum Gasteiger partial charge on any atom is 0.314 e. The molecule has 0 heterocycles. The average molecular weight is 254 g/mol. The van der Waals surface area contributed by atoms with E-state index in [0.29, 0.717) is 18.8 Å². The Balaban J connectivity index is 2.23. The maximum atomic E-state index is 11.8. The van der Waals surface area contributed by atoms with E-state index in [1.807, 2.05) is 37.3 Å². The van der Waals surface area contributed by atoms with Crippen LogP contribution in [0.25, 0.3) is 0 Å². The van der Waals surface area contributed by atoms with Gasteiger partial charge in [-0.1, -0.05) is 25.1 Å². The van der Waals surface area contributed by atoms with E-state index in [9.17, 15) is 9.00 Å². The Morgan fingerprint density at radius 2 is 1.82 bits per heavy atom. The highest BCUT2D eigenvalue weighted by molar-refractivity contribution is 7.85. The molecule has 2 amide bonds. The lowest BCUT2D eigenvalue weighted by Gasteiger charge is -2.06. The van der Waals surface area contributed by atoms with Crippen molar-refractivity contribution in [1.29, 1.82) is 0 Å². The molecule has 0 aliphatic carbocycles. The fourth-order valence-corrected chi connectivity index (χ4v) is 2.23. The Kier molecular flexibility index (Phi) is 6.32. The summed E-state index contributed by atoms with van der Waals surface area (Å²) in [5.74, 6) is 0.434. The third-order valence-electron chi connectivity index (χ3n) is 2.11. The zero-order valence-electron chi connectivity index (χ0n) is 9.94. The summed E-state index contributed by atoms with van der Waals surface area (Å²) in [4.78, 5) is 12.0. The molecule has 1 rings (SSSR count). The predicted octanol–water partition coefficient (Wildman–Crippen LogP) is 1.50. The fourth-order valence-electron chi connectivity index (χ4n) is 1.25. The second-order valence-electron chi connectivity index (χ2n) is 3.55. The van der Waals surface area contributed by atoms with Crippen molar-refractivity contribution in [2.75, 3.05) is 18.8 Å². The number of amides is 2. The van der Waals surface area contributed by atoms with Crippen LogP contribution in [0.4, 0.5) is 4.79 Å². The van der Waals surface area contributed by atoms with Gasteiger partial charge in [-0.25, -0.2) is 4.79 Å². The van der Waals surface area contributed by atoms with Gasteiger partial charge in [0.05, 0.1) is 10.8 Å². The van der Waals surface area contributed by atoms with Gasteiger partial charge in [0.15, 0.2) is 0 Å². The normalized spacial score (nSPS) is 11.8. The number of carbonyl (C=O) groups is 1. The summed E-state index contributed by atoms with van der Waals surface area (Å²) in [6, 6.07) is 9.05. The van der Waals surface area contributed by atoms with E-state index < -0.39 is 10.8 Å². The zero-order chi connectivity index (χ0) is 12.5. The van der Waals surface area contributed by atoms with Crippen molar-refractivity contribution in [2.24, 2.45) is 0 Å². The number of nitrogens with one attached hydrogen (secondary N) is 2. The molecule has 0 saturated heterocycles. The number of carbonyl (C=O) groups excluding carboxylic acids is 1. The van der Waals surface area contributed by atoms with Gasteiger partial charge in [-0.2, -0.15) is 0 Å². The molecule has 0 spiro atoms. The lowest BCUT2D eigenvalue weighted by molar-refractivity contribution is 0.241. The third kappa shape index (κ3) is 5.49. The molecule has 1 atom stereocenters. The molecular weight excluding hydrogens is 236 g/mol. The SMILES string of the molecule is CCCNC(=O)NCC[S@](=O)c1ccccc1. The van der Waals surface area contributed by atoms with Crippen LogP contribution in [0.5, 0.6) is 0 Å². The van der Waals surface area contributed by atoms with Crippen LogP contribution in [0.3, 0.4) is 0 Å². The molecule has 94 valence electrons. The van der Waals surface area contributed by atoms with Gasteiger partial charge in [0, 0.05) is 23.7 Å². The average Bonchev–Trinajstić information content (AvgIpc) is 2.37. The molecule has 0 radical (unpaired) electrons. The van der Waals surface area contributed by atoms with E-state index in [2.05, 4.69) is 10.6 Å². The van der Waals surface area contributed by atoms with Crippen molar-refractivity contribution >= 4 is 16.8 Å². The molecule has 0 saturated carbocycles. The van der Waals surface area contributed by atoms with Crippen LogP contribution in [-0.2, 0) is 10.8 Å². The van der Waals surface area contributed by atoms with E-state index in [1.54, 1.807) is 0 Å². The van der Waals surface area contributed by atoms with Crippen molar-refractivity contribution in [2.45, 2.75) is 18.2 Å². The molecule has 0 fully saturated rings. The second kappa shape index (κ2) is 7.84. The van der Waals surface area contributed by atoms with E-state index in [0.717, 1.165) is 11.3 Å². The first kappa shape index (κ1) is 13.7. The van der Waals surface area contributed by atoms with Gasteiger partial charge in [-0.05, 0) is 18.6 Å². The third-order valence-corrected chi connectivity index (χ3v) is 3.49. The largest absolute Gasteiger partial charge is 0.338 e. The Morgan fingerprint density at radius 1 is 1.18 bits per heavy atom. The number of benzene rings is 1. The highest BCUT2D eigenvalue weighted by Gasteiger charge is 2.03. The van der Waals surface area contributed by atoms with Gasteiger partial charge in [-0.3, -0.25) is 4.21 Å². The van der Waals surface area contributed by atoms with E-state index in [-0.39, 0.29) is 6.03 Å². The minimum Gasteiger partial charge on any atom is -0.338 e. The zero-order valence-corrected chi connectivity index (χ0v) is 10.8. The van der Waals surface area contributed by atoms with Crippen molar-refractivity contribution in [3.8, 4) is 0 Å². The van der Waals surface area contributed by atoms with Crippen LogP contribution in [0, 0.1) is 0 Å². The van der Waals surface area contributed by atoms with Crippen LogP contribution >= 0.6 is 0 Å². The van der Waals surface area contributed by atoms with Gasteiger partial charge in [0.1, 0.15) is 0 Å². The minimum absolute atomic E-state index is 0.197. The molecule has 0 bridgehead atoms. The molecule has 0 unspecified atom stereocenters. The monoisotopic (exact) mass is 254 g/mol. The van der Waals surface area contributed by atoms with Crippen molar-refractivity contribution in [1.82, 2.24) is 10.6 Å². The Labute approximate surface area is 104 Å². The molecule has 17 heavy (non-hydrogen) atoms. The molecule has 0 aromatic heterocycles. The van der Waals surface area contributed by atoms with Crippen molar-refractivity contribution in [3.63, 3.8) is 0 Å². The Morgan fingerprint density at radius 3 is 2.47 bits per heavy atom. The standard InChI is InChI=1S/C12H18N2O2S/c1-2-8-13-12(15)14-9-10-17(16)11-6-4-3-5-7-11/h3-7H,2,8-10H2,1H3,(H2,13,14,15)/t17-/m0/s1. The number of hydrogen-bond acceptors (Lipinski definition) is 2. The summed E-state index contributed by atoms with van der Waals surface area (Å²) in [5, 5.41) is 5.37. The van der Waals surface area contributed by atoms with Crippen LogP contribution < -0.4 is 10.6 Å². The first-order chi connectivity index (χ1) is 8.24. The molecule has 2 N–H and O–H groups in total. The first-order valence-electron chi connectivity index (χ1n) is 5.69. The van der Waals surface area contributed by atoms with Crippen molar-refractivity contribution in [3.05, 3.63) is 30.3 Å². The number of hydrogen-bond donors (Lipinski definition) is 2. The molecule has 5 heteroatoms. The van der Waals surface area contributed by atoms with Crippen LogP contribution in [-0.4, -0.2) is 29.1 Å². The lowest BCUT2D eigenvalue weighted by atomic mass is 10.4. The second-order valence-corrected chi connectivity index (χ2v) is 5.12. The molecule has 0 aliphatic rings. The van der Waals surface area contributed by atoms with Crippen LogP contribution in [0.1, 0.15) is 13.3 Å². The maximum absolute atomic E-state index is 11.8. The first-order valence-corrected chi connectivity index (χ1v) is 7.01. The summed E-state index contributed by atoms with van der Waals surface area (Å²) in [6.45, 7) is 3.06. The van der Waals surface area contributed by atoms with Crippen LogP contribution in [0.2, 0.25) is 0 Å². The van der Waals surface area contributed by atoms with E-state index in [1.165, 1.54) is 0 Å². The van der Waals surface area contributed by atoms with Gasteiger partial charge in [-0.15, -0.1) is 0 Å². The predicted molar refractivity (Wildman–Crippen MR) is 69.4 cm³/mol. The lowest BCUT2D eigenvalue weighted by Crippen LogP contribution is -2.37. The summed E-state index contributed by atoms with van der Waals surface area (Å²) in [6.07, 6.45) is 0.906. The molecule has 4 nitrogen and oxygen atoms in total. The molecule has 0 aliphatic heterocycles. The highest BCUT2D eigenvalue weighted by atomic mass is 32.2.